The van der Waals surface area contributed by atoms with Crippen LogP contribution in [0, 0.1) is 0 Å². The molecule has 9 nitrogen and oxygen atoms in total. The number of phenols is 1. The number of fused-ring (bicyclic) bond motifs is 2. The molecule has 0 radical (unpaired) electrons. The highest BCUT2D eigenvalue weighted by atomic mass is 79.9. The summed E-state index contributed by atoms with van der Waals surface area (Å²) in [6, 6.07) is 15.2. The average Bonchev–Trinajstić information content (AvgIpc) is 3.61. The number of hydrogen-bond acceptors (Lipinski definition) is 8. The zero-order chi connectivity index (χ0) is 26.6. The third kappa shape index (κ3) is 3.84. The molecule has 1 unspecified atom stereocenters. The van der Waals surface area contributed by atoms with Gasteiger partial charge in [0.05, 0.1) is 18.2 Å². The quantitative estimate of drug-likeness (QED) is 0.275. The van der Waals surface area contributed by atoms with Crippen molar-refractivity contribution in [2.24, 2.45) is 0 Å². The number of nitrogens with zero attached hydrogens (tertiary/aromatic N) is 1. The van der Waals surface area contributed by atoms with E-state index in [9.17, 15) is 19.8 Å². The van der Waals surface area contributed by atoms with Gasteiger partial charge in [0.2, 0.25) is 12.6 Å². The maximum Gasteiger partial charge on any atom is 0.294 e. The van der Waals surface area contributed by atoms with Gasteiger partial charge in [0.1, 0.15) is 5.58 Å². The molecule has 0 aliphatic carbocycles. The topological polar surface area (TPSA) is 119 Å². The SMILES string of the molecule is CCOc1cc(C2C(C(=O)c3cc4cc(Br)ccc4o3)=C(O)C(=O)N2c2ccc3c(c2)OCO3)ccc1O. The predicted octanol–water partition coefficient (Wildman–Crippen LogP) is 5.81. The number of hydrogen-bond donors (Lipinski definition) is 2. The Hall–Kier alpha value is -4.44. The Morgan fingerprint density at radius 2 is 1.87 bits per heavy atom. The van der Waals surface area contributed by atoms with E-state index in [4.69, 9.17) is 18.6 Å². The normalized spacial score (nSPS) is 16.5. The minimum atomic E-state index is -1.06. The summed E-state index contributed by atoms with van der Waals surface area (Å²) < 4.78 is 23.0. The third-order valence-electron chi connectivity index (χ3n) is 6.39. The van der Waals surface area contributed by atoms with Crippen LogP contribution in [0.25, 0.3) is 11.0 Å². The summed E-state index contributed by atoms with van der Waals surface area (Å²) in [7, 11) is 0. The van der Waals surface area contributed by atoms with E-state index in [1.807, 2.05) is 0 Å². The minimum absolute atomic E-state index is 0.0335. The Labute approximate surface area is 224 Å². The Balaban J connectivity index is 1.50. The molecule has 3 heterocycles. The number of aliphatic hydroxyl groups is 1. The van der Waals surface area contributed by atoms with Gasteiger partial charge in [-0.05, 0) is 61.0 Å². The molecule has 1 amide bonds. The van der Waals surface area contributed by atoms with Gasteiger partial charge in [-0.25, -0.2) is 0 Å². The molecular formula is C28H20BrNO8. The molecule has 3 aromatic carbocycles. The molecule has 38 heavy (non-hydrogen) atoms. The zero-order valence-corrected chi connectivity index (χ0v) is 21.5. The number of phenolic OH excluding ortho intramolecular Hbond substituents is 1. The number of halogens is 1. The molecule has 6 rings (SSSR count). The first-order valence-corrected chi connectivity index (χ1v) is 12.5. The van der Waals surface area contributed by atoms with Gasteiger partial charge in [-0.3, -0.25) is 14.5 Å². The predicted molar refractivity (Wildman–Crippen MR) is 140 cm³/mol. The van der Waals surface area contributed by atoms with Crippen LogP contribution in [0.4, 0.5) is 5.69 Å². The maximum absolute atomic E-state index is 13.9. The van der Waals surface area contributed by atoms with E-state index in [1.165, 1.54) is 11.0 Å². The van der Waals surface area contributed by atoms with Crippen LogP contribution in [0.3, 0.4) is 0 Å². The van der Waals surface area contributed by atoms with Gasteiger partial charge < -0.3 is 28.8 Å². The summed E-state index contributed by atoms with van der Waals surface area (Å²) in [4.78, 5) is 28.7. The molecule has 0 spiro atoms. The van der Waals surface area contributed by atoms with Gasteiger partial charge in [0.15, 0.2) is 34.5 Å². The number of carbonyl (C=O) groups excluding carboxylic acids is 2. The highest BCUT2D eigenvalue weighted by Crippen LogP contribution is 2.46. The molecule has 192 valence electrons. The van der Waals surface area contributed by atoms with Crippen LogP contribution in [-0.4, -0.2) is 35.3 Å². The van der Waals surface area contributed by atoms with Crippen molar-refractivity contribution in [3.63, 3.8) is 0 Å². The number of benzene rings is 3. The van der Waals surface area contributed by atoms with E-state index in [2.05, 4.69) is 15.9 Å². The van der Waals surface area contributed by atoms with Gasteiger partial charge in [-0.15, -0.1) is 0 Å². The van der Waals surface area contributed by atoms with E-state index < -0.39 is 23.5 Å². The number of amides is 1. The van der Waals surface area contributed by atoms with Gasteiger partial charge in [-0.1, -0.05) is 22.0 Å². The summed E-state index contributed by atoms with van der Waals surface area (Å²) in [6.45, 7) is 2.10. The van der Waals surface area contributed by atoms with Crippen molar-refractivity contribution in [1.29, 1.82) is 0 Å². The Morgan fingerprint density at radius 3 is 2.68 bits per heavy atom. The van der Waals surface area contributed by atoms with Crippen molar-refractivity contribution < 1.29 is 38.4 Å². The van der Waals surface area contributed by atoms with Crippen LogP contribution in [0.2, 0.25) is 0 Å². The van der Waals surface area contributed by atoms with Crippen LogP contribution in [-0.2, 0) is 4.79 Å². The third-order valence-corrected chi connectivity index (χ3v) is 6.88. The summed E-state index contributed by atoms with van der Waals surface area (Å²) in [5.41, 5.74) is 1.12. The van der Waals surface area contributed by atoms with Crippen LogP contribution >= 0.6 is 15.9 Å². The second-order valence-electron chi connectivity index (χ2n) is 8.66. The Bertz CT molecular complexity index is 1660. The molecule has 4 aromatic rings. The van der Waals surface area contributed by atoms with Crippen LogP contribution in [0.1, 0.15) is 29.1 Å². The molecule has 10 heteroatoms. The Kier molecular flexibility index (Phi) is 5.76. The van der Waals surface area contributed by atoms with Crippen molar-refractivity contribution in [2.45, 2.75) is 13.0 Å². The van der Waals surface area contributed by atoms with E-state index in [-0.39, 0.29) is 36.2 Å². The van der Waals surface area contributed by atoms with Crippen molar-refractivity contribution >= 4 is 44.3 Å². The number of ketones is 1. The molecule has 2 aliphatic heterocycles. The second kappa shape index (κ2) is 9.14. The summed E-state index contributed by atoms with van der Waals surface area (Å²) in [5, 5.41) is 22.0. The van der Waals surface area contributed by atoms with Crippen molar-refractivity contribution in [3.05, 3.63) is 87.8 Å². The first-order valence-electron chi connectivity index (χ1n) is 11.7. The lowest BCUT2D eigenvalue weighted by Gasteiger charge is -2.27. The van der Waals surface area contributed by atoms with Crippen LogP contribution in [0.15, 0.2) is 80.9 Å². The van der Waals surface area contributed by atoms with E-state index >= 15 is 0 Å². The first-order chi connectivity index (χ1) is 18.4. The van der Waals surface area contributed by atoms with Gasteiger partial charge >= 0.3 is 0 Å². The number of aromatic hydroxyl groups is 1. The number of Topliss-reactive ketones (excluding diaryl/α,β-unsaturated/α-hetero) is 1. The lowest BCUT2D eigenvalue weighted by molar-refractivity contribution is -0.117. The molecule has 1 atom stereocenters. The zero-order valence-electron chi connectivity index (χ0n) is 19.9. The van der Waals surface area contributed by atoms with E-state index in [1.54, 1.807) is 61.5 Å². The number of ether oxygens (including phenoxy) is 3. The fourth-order valence-electron chi connectivity index (χ4n) is 4.68. The first kappa shape index (κ1) is 23.9. The highest BCUT2D eigenvalue weighted by Gasteiger charge is 2.46. The molecule has 2 aliphatic rings. The molecule has 0 fully saturated rings. The molecule has 1 aromatic heterocycles. The largest absolute Gasteiger partial charge is 0.504 e. The van der Waals surface area contributed by atoms with E-state index in [0.29, 0.717) is 33.7 Å². The molecular weight excluding hydrogens is 558 g/mol. The summed E-state index contributed by atoms with van der Waals surface area (Å²) >= 11 is 3.40. The molecule has 0 bridgehead atoms. The lowest BCUT2D eigenvalue weighted by Crippen LogP contribution is -2.31. The van der Waals surface area contributed by atoms with Gasteiger partial charge in [-0.2, -0.15) is 0 Å². The standard InChI is InChI=1S/C28H20BrNO8/c1-2-35-21-10-14(3-6-18(21)31)25-24(26(32)23-11-15-9-16(29)4-7-19(15)38-23)27(33)28(34)30(25)17-5-8-20-22(12-17)37-13-36-20/h3-12,25,31,33H,2,13H2,1H3. The fourth-order valence-corrected chi connectivity index (χ4v) is 5.06. The highest BCUT2D eigenvalue weighted by molar-refractivity contribution is 9.10. The van der Waals surface area contributed by atoms with E-state index in [0.717, 1.165) is 4.47 Å². The monoisotopic (exact) mass is 577 g/mol. The number of aliphatic hydroxyl groups excluding tert-OH is 1. The number of anilines is 1. The molecule has 0 saturated heterocycles. The second-order valence-corrected chi connectivity index (χ2v) is 9.58. The fraction of sp³-hybridized carbons (Fsp3) is 0.143. The van der Waals surface area contributed by atoms with Crippen molar-refractivity contribution in [2.75, 3.05) is 18.3 Å². The number of rotatable bonds is 6. The minimum Gasteiger partial charge on any atom is -0.504 e. The number of furan rings is 1. The van der Waals surface area contributed by atoms with Crippen LogP contribution < -0.4 is 19.1 Å². The van der Waals surface area contributed by atoms with Crippen molar-refractivity contribution in [1.82, 2.24) is 0 Å². The van der Waals surface area contributed by atoms with Gasteiger partial charge in [0.25, 0.3) is 5.91 Å². The Morgan fingerprint density at radius 1 is 1.05 bits per heavy atom. The maximum atomic E-state index is 13.9. The van der Waals surface area contributed by atoms with Crippen molar-refractivity contribution in [3.8, 4) is 23.0 Å². The van der Waals surface area contributed by atoms with Crippen LogP contribution in [0.5, 0.6) is 23.0 Å². The summed E-state index contributed by atoms with van der Waals surface area (Å²) in [5.74, 6) is -1.14. The average molecular weight is 578 g/mol. The van der Waals surface area contributed by atoms with Gasteiger partial charge in [0, 0.05) is 21.6 Å². The smallest absolute Gasteiger partial charge is 0.294 e. The molecule has 0 saturated carbocycles. The lowest BCUT2D eigenvalue weighted by atomic mass is 9.94. The molecule has 2 N–H and O–H groups in total. The summed E-state index contributed by atoms with van der Waals surface area (Å²) in [6.07, 6.45) is 0. The number of carbonyl (C=O) groups is 2.